The van der Waals surface area contributed by atoms with Gasteiger partial charge in [-0.2, -0.15) is 5.10 Å². The lowest BCUT2D eigenvalue weighted by Crippen LogP contribution is -2.35. The second-order valence-electron chi connectivity index (χ2n) is 6.44. The number of fused-ring (bicyclic) bond motifs is 1. The summed E-state index contributed by atoms with van der Waals surface area (Å²) in [5, 5.41) is 17.6. The zero-order chi connectivity index (χ0) is 17.3. The van der Waals surface area contributed by atoms with Gasteiger partial charge in [0.15, 0.2) is 5.82 Å². The summed E-state index contributed by atoms with van der Waals surface area (Å²) in [7, 11) is 0. The van der Waals surface area contributed by atoms with Gasteiger partial charge in [0.05, 0.1) is 19.2 Å². The van der Waals surface area contributed by atoms with Gasteiger partial charge in [0, 0.05) is 36.8 Å². The predicted octanol–water partition coefficient (Wildman–Crippen LogP) is 2.39. The largest absolute Gasteiger partial charge is 0.394 e. The van der Waals surface area contributed by atoms with Crippen LogP contribution in [0.3, 0.4) is 0 Å². The summed E-state index contributed by atoms with van der Waals surface area (Å²) in [6.45, 7) is 6.87. The van der Waals surface area contributed by atoms with E-state index in [4.69, 9.17) is 0 Å². The van der Waals surface area contributed by atoms with Crippen molar-refractivity contribution in [3.63, 3.8) is 0 Å². The molecule has 1 aromatic carbocycles. The molecule has 2 aromatic rings. The molecule has 6 nitrogen and oxygen atoms in total. The first-order chi connectivity index (χ1) is 11.5. The summed E-state index contributed by atoms with van der Waals surface area (Å²) >= 11 is 0. The van der Waals surface area contributed by atoms with Crippen molar-refractivity contribution in [2.24, 2.45) is 0 Å². The van der Waals surface area contributed by atoms with Crippen LogP contribution in [0.15, 0.2) is 24.3 Å². The summed E-state index contributed by atoms with van der Waals surface area (Å²) < 4.78 is 1.89. The van der Waals surface area contributed by atoms with Crippen LogP contribution in [0.25, 0.3) is 0 Å². The second-order valence-corrected chi connectivity index (χ2v) is 6.44. The third-order valence-electron chi connectivity index (χ3n) is 4.49. The number of amides is 1. The van der Waals surface area contributed by atoms with Gasteiger partial charge in [-0.3, -0.25) is 9.48 Å². The highest BCUT2D eigenvalue weighted by Crippen LogP contribution is 2.30. The van der Waals surface area contributed by atoms with Crippen LogP contribution >= 0.6 is 0 Å². The number of aliphatic hydroxyl groups is 1. The fraction of sp³-hybridized carbons (Fsp3) is 0.444. The number of aliphatic hydroxyl groups excluding tert-OH is 1. The molecule has 0 unspecified atom stereocenters. The molecule has 0 fully saturated rings. The van der Waals surface area contributed by atoms with Gasteiger partial charge in [-0.1, -0.05) is 12.1 Å². The fourth-order valence-corrected chi connectivity index (χ4v) is 3.12. The maximum Gasteiger partial charge on any atom is 0.219 e. The first-order valence-electron chi connectivity index (χ1n) is 8.30. The Hall–Kier alpha value is -2.34. The zero-order valence-electron chi connectivity index (χ0n) is 14.4. The smallest absolute Gasteiger partial charge is 0.219 e. The first-order valence-corrected chi connectivity index (χ1v) is 8.30. The van der Waals surface area contributed by atoms with Crippen molar-refractivity contribution in [2.45, 2.75) is 39.8 Å². The minimum absolute atomic E-state index is 0.0361. The van der Waals surface area contributed by atoms with E-state index in [9.17, 15) is 9.90 Å². The Labute approximate surface area is 142 Å². The van der Waals surface area contributed by atoms with Crippen molar-refractivity contribution in [2.75, 3.05) is 18.5 Å². The highest BCUT2D eigenvalue weighted by Gasteiger charge is 2.27. The van der Waals surface area contributed by atoms with Crippen molar-refractivity contribution in [1.29, 1.82) is 0 Å². The molecule has 1 aliphatic heterocycles. The van der Waals surface area contributed by atoms with Crippen molar-refractivity contribution in [3.05, 3.63) is 41.1 Å². The van der Waals surface area contributed by atoms with E-state index in [-0.39, 0.29) is 18.6 Å². The number of hydrogen-bond acceptors (Lipinski definition) is 4. The molecular weight excluding hydrogens is 304 g/mol. The maximum atomic E-state index is 11.8. The van der Waals surface area contributed by atoms with E-state index in [0.29, 0.717) is 13.1 Å². The summed E-state index contributed by atoms with van der Waals surface area (Å²) in [5.74, 6) is 0.840. The number of rotatable bonds is 4. The third-order valence-corrected chi connectivity index (χ3v) is 4.49. The molecule has 6 heteroatoms. The molecule has 1 amide bonds. The van der Waals surface area contributed by atoms with Crippen molar-refractivity contribution in [1.82, 2.24) is 14.7 Å². The van der Waals surface area contributed by atoms with Crippen LogP contribution in [0.5, 0.6) is 0 Å². The first kappa shape index (κ1) is 16.5. The monoisotopic (exact) mass is 328 g/mol. The molecule has 128 valence electrons. The van der Waals surface area contributed by atoms with Gasteiger partial charge < -0.3 is 15.3 Å². The summed E-state index contributed by atoms with van der Waals surface area (Å²) in [5.41, 5.74) is 4.28. The van der Waals surface area contributed by atoms with E-state index in [0.717, 1.165) is 29.2 Å². The number of aryl methyl sites for hydroxylation is 1. The van der Waals surface area contributed by atoms with E-state index in [1.807, 2.05) is 41.6 Å². The van der Waals surface area contributed by atoms with Gasteiger partial charge in [0.25, 0.3) is 0 Å². The highest BCUT2D eigenvalue weighted by atomic mass is 16.3. The van der Waals surface area contributed by atoms with E-state index in [1.165, 1.54) is 5.56 Å². The van der Waals surface area contributed by atoms with Crippen LogP contribution in [0.1, 0.15) is 36.7 Å². The second kappa shape index (κ2) is 6.65. The molecule has 24 heavy (non-hydrogen) atoms. The van der Waals surface area contributed by atoms with Crippen LogP contribution in [-0.2, 0) is 17.8 Å². The molecule has 0 saturated heterocycles. The van der Waals surface area contributed by atoms with Crippen molar-refractivity contribution in [3.8, 4) is 0 Å². The van der Waals surface area contributed by atoms with Crippen LogP contribution in [0, 0.1) is 6.92 Å². The van der Waals surface area contributed by atoms with Gasteiger partial charge in [-0.15, -0.1) is 0 Å². The SMILES string of the molecule is CC(=O)N1CCc2c(c(Nc3cccc(C)c3)nn2[C@@H](C)CO)C1. The van der Waals surface area contributed by atoms with E-state index >= 15 is 0 Å². The molecule has 0 aliphatic carbocycles. The lowest BCUT2D eigenvalue weighted by atomic mass is 10.1. The Bertz CT molecular complexity index is 753. The minimum Gasteiger partial charge on any atom is -0.394 e. The Kier molecular flexibility index (Phi) is 4.57. The van der Waals surface area contributed by atoms with E-state index in [2.05, 4.69) is 16.5 Å². The highest BCUT2D eigenvalue weighted by molar-refractivity contribution is 5.74. The van der Waals surface area contributed by atoms with Crippen LogP contribution in [0.2, 0.25) is 0 Å². The van der Waals surface area contributed by atoms with Gasteiger partial charge >= 0.3 is 0 Å². The molecule has 3 rings (SSSR count). The lowest BCUT2D eigenvalue weighted by molar-refractivity contribution is -0.129. The summed E-state index contributed by atoms with van der Waals surface area (Å²) in [6, 6.07) is 8.02. The Morgan fingerprint density at radius 3 is 2.92 bits per heavy atom. The average Bonchev–Trinajstić information content (AvgIpc) is 2.92. The average molecular weight is 328 g/mol. The third kappa shape index (κ3) is 3.14. The van der Waals surface area contributed by atoms with Gasteiger partial charge in [0.2, 0.25) is 5.91 Å². The van der Waals surface area contributed by atoms with E-state index < -0.39 is 0 Å². The summed E-state index contributed by atoms with van der Waals surface area (Å²) in [6.07, 6.45) is 0.752. The van der Waals surface area contributed by atoms with Crippen molar-refractivity contribution < 1.29 is 9.90 Å². The molecule has 1 aromatic heterocycles. The van der Waals surface area contributed by atoms with Gasteiger partial charge in [0.1, 0.15) is 0 Å². The number of carbonyl (C=O) groups is 1. The predicted molar refractivity (Wildman–Crippen MR) is 93.3 cm³/mol. The molecule has 1 aliphatic rings. The molecule has 2 heterocycles. The Balaban J connectivity index is 1.99. The lowest BCUT2D eigenvalue weighted by Gasteiger charge is -2.27. The van der Waals surface area contributed by atoms with Gasteiger partial charge in [-0.05, 0) is 31.5 Å². The molecule has 0 bridgehead atoms. The fourth-order valence-electron chi connectivity index (χ4n) is 3.12. The van der Waals surface area contributed by atoms with Crippen LogP contribution < -0.4 is 5.32 Å². The van der Waals surface area contributed by atoms with E-state index in [1.54, 1.807) is 6.92 Å². The van der Waals surface area contributed by atoms with Crippen LogP contribution in [0.4, 0.5) is 11.5 Å². The quantitative estimate of drug-likeness (QED) is 0.904. The molecule has 1 atom stereocenters. The number of carbonyl (C=O) groups excluding carboxylic acids is 1. The normalized spacial score (nSPS) is 15.1. The van der Waals surface area contributed by atoms with Gasteiger partial charge in [-0.25, -0.2) is 0 Å². The number of benzene rings is 1. The standard InChI is InChI=1S/C18H24N4O2/c1-12-5-4-6-15(9-12)19-18-16-10-21(14(3)24)8-7-17(16)22(20-18)13(2)11-23/h4-6,9,13,23H,7-8,10-11H2,1-3H3,(H,19,20)/t13-/m0/s1. The molecule has 0 radical (unpaired) electrons. The van der Waals surface area contributed by atoms with Crippen LogP contribution in [-0.4, -0.2) is 38.8 Å². The Morgan fingerprint density at radius 2 is 2.25 bits per heavy atom. The number of nitrogens with one attached hydrogen (secondary N) is 1. The van der Waals surface area contributed by atoms with Crippen molar-refractivity contribution >= 4 is 17.4 Å². The zero-order valence-corrected chi connectivity index (χ0v) is 14.4. The molecule has 2 N–H and O–H groups in total. The number of aromatic nitrogens is 2. The number of hydrogen-bond donors (Lipinski definition) is 2. The molecular formula is C18H24N4O2. The molecule has 0 saturated carbocycles. The molecule has 0 spiro atoms. The number of anilines is 2. The minimum atomic E-state index is -0.0873. The summed E-state index contributed by atoms with van der Waals surface area (Å²) in [4.78, 5) is 13.6. The maximum absolute atomic E-state index is 11.8. The number of nitrogens with zero attached hydrogens (tertiary/aromatic N) is 3. The topological polar surface area (TPSA) is 70.4 Å². The Morgan fingerprint density at radius 1 is 1.46 bits per heavy atom.